The van der Waals surface area contributed by atoms with Crippen molar-refractivity contribution in [3.05, 3.63) is 24.3 Å². The van der Waals surface area contributed by atoms with Gasteiger partial charge >= 0.3 is 0 Å². The van der Waals surface area contributed by atoms with E-state index in [2.05, 4.69) is 22.9 Å². The number of carbonyl (C=O) groups excluding carboxylic acids is 2. The van der Waals surface area contributed by atoms with E-state index in [1.54, 1.807) is 13.0 Å². The van der Waals surface area contributed by atoms with Gasteiger partial charge in [0, 0.05) is 17.8 Å². The summed E-state index contributed by atoms with van der Waals surface area (Å²) in [5.74, 6) is 0.281. The Hall–Kier alpha value is -1.88. The monoisotopic (exact) mass is 289 g/mol. The number of hydrogen-bond acceptors (Lipinski definition) is 3. The minimum absolute atomic E-state index is 0.0128. The van der Waals surface area contributed by atoms with Gasteiger partial charge in [-0.3, -0.25) is 9.59 Å². The third-order valence-electron chi connectivity index (χ3n) is 3.79. The van der Waals surface area contributed by atoms with E-state index < -0.39 is 0 Å². The quantitative estimate of drug-likeness (QED) is 0.797. The van der Waals surface area contributed by atoms with E-state index in [0.717, 1.165) is 19.4 Å². The lowest BCUT2D eigenvalue weighted by Gasteiger charge is -2.28. The molecule has 0 radical (unpaired) electrons. The maximum atomic E-state index is 12.3. The Labute approximate surface area is 125 Å². The first-order valence-corrected chi connectivity index (χ1v) is 7.54. The molecule has 1 aromatic carbocycles. The van der Waals surface area contributed by atoms with Crippen LogP contribution in [0.4, 0.5) is 11.4 Å². The highest BCUT2D eigenvalue weighted by molar-refractivity contribution is 5.96. The van der Waals surface area contributed by atoms with Gasteiger partial charge in [-0.2, -0.15) is 0 Å². The SMILES string of the molecule is CCC(=O)Nc1cccc(NC(=O)C2NCCCC2C)c1. The Morgan fingerprint density at radius 2 is 2.00 bits per heavy atom. The highest BCUT2D eigenvalue weighted by Crippen LogP contribution is 2.19. The molecule has 2 unspecified atom stereocenters. The molecule has 5 heteroatoms. The maximum Gasteiger partial charge on any atom is 0.241 e. The Bertz CT molecular complexity index is 516. The molecule has 21 heavy (non-hydrogen) atoms. The zero-order chi connectivity index (χ0) is 15.2. The first kappa shape index (κ1) is 15.5. The average Bonchev–Trinajstić information content (AvgIpc) is 2.47. The molecule has 2 amide bonds. The molecule has 0 saturated carbocycles. The number of benzene rings is 1. The van der Waals surface area contributed by atoms with E-state index in [1.807, 2.05) is 18.2 Å². The van der Waals surface area contributed by atoms with Crippen molar-refractivity contribution in [3.63, 3.8) is 0 Å². The minimum atomic E-state index is -0.146. The molecule has 1 fully saturated rings. The van der Waals surface area contributed by atoms with E-state index in [0.29, 0.717) is 23.7 Å². The number of anilines is 2. The highest BCUT2D eigenvalue weighted by atomic mass is 16.2. The number of nitrogens with one attached hydrogen (secondary N) is 3. The normalized spacial score (nSPS) is 21.6. The number of amides is 2. The van der Waals surface area contributed by atoms with Gasteiger partial charge in [0.15, 0.2) is 0 Å². The van der Waals surface area contributed by atoms with E-state index in [4.69, 9.17) is 0 Å². The standard InChI is InChI=1S/C16H23N3O2/c1-3-14(20)18-12-7-4-8-13(10-12)19-16(21)15-11(2)6-5-9-17-15/h4,7-8,10-11,15,17H,3,5-6,9H2,1-2H3,(H,18,20)(H,19,21). The molecular weight excluding hydrogens is 266 g/mol. The van der Waals surface area contributed by atoms with Crippen LogP contribution in [0.5, 0.6) is 0 Å². The van der Waals surface area contributed by atoms with Crippen molar-refractivity contribution in [1.29, 1.82) is 0 Å². The Morgan fingerprint density at radius 1 is 1.29 bits per heavy atom. The first-order valence-electron chi connectivity index (χ1n) is 7.54. The third kappa shape index (κ3) is 4.29. The van der Waals surface area contributed by atoms with Gasteiger partial charge in [-0.15, -0.1) is 0 Å². The summed E-state index contributed by atoms with van der Waals surface area (Å²) in [6.45, 7) is 4.78. The van der Waals surface area contributed by atoms with Crippen molar-refractivity contribution < 1.29 is 9.59 Å². The summed E-state index contributed by atoms with van der Waals surface area (Å²) >= 11 is 0. The van der Waals surface area contributed by atoms with Crippen molar-refractivity contribution in [2.75, 3.05) is 17.2 Å². The van der Waals surface area contributed by atoms with Gasteiger partial charge in [0.05, 0.1) is 6.04 Å². The largest absolute Gasteiger partial charge is 0.326 e. The summed E-state index contributed by atoms with van der Waals surface area (Å²) in [5.41, 5.74) is 1.40. The van der Waals surface area contributed by atoms with Crippen LogP contribution in [-0.2, 0) is 9.59 Å². The molecule has 3 N–H and O–H groups in total. The predicted molar refractivity (Wildman–Crippen MR) is 84.2 cm³/mol. The lowest BCUT2D eigenvalue weighted by Crippen LogP contribution is -2.48. The molecule has 1 aliphatic heterocycles. The second-order valence-electron chi connectivity index (χ2n) is 5.52. The van der Waals surface area contributed by atoms with Crippen LogP contribution in [0.1, 0.15) is 33.1 Å². The van der Waals surface area contributed by atoms with Crippen LogP contribution >= 0.6 is 0 Å². The average molecular weight is 289 g/mol. The Balaban J connectivity index is 2.00. The van der Waals surface area contributed by atoms with E-state index in [-0.39, 0.29) is 17.9 Å². The number of carbonyl (C=O) groups is 2. The fourth-order valence-corrected chi connectivity index (χ4v) is 2.54. The minimum Gasteiger partial charge on any atom is -0.326 e. The summed E-state index contributed by atoms with van der Waals surface area (Å²) in [6, 6.07) is 7.09. The zero-order valence-corrected chi connectivity index (χ0v) is 12.6. The van der Waals surface area contributed by atoms with Crippen molar-refractivity contribution in [3.8, 4) is 0 Å². The fourth-order valence-electron chi connectivity index (χ4n) is 2.54. The van der Waals surface area contributed by atoms with E-state index >= 15 is 0 Å². The van der Waals surface area contributed by atoms with E-state index in [9.17, 15) is 9.59 Å². The zero-order valence-electron chi connectivity index (χ0n) is 12.6. The summed E-state index contributed by atoms with van der Waals surface area (Å²) in [4.78, 5) is 23.7. The molecule has 2 rings (SSSR count). The molecule has 1 aliphatic rings. The molecule has 114 valence electrons. The second kappa shape index (κ2) is 7.22. The number of rotatable bonds is 4. The van der Waals surface area contributed by atoms with Crippen molar-refractivity contribution in [1.82, 2.24) is 5.32 Å². The van der Waals surface area contributed by atoms with Gasteiger partial charge in [0.1, 0.15) is 0 Å². The van der Waals surface area contributed by atoms with Crippen LogP contribution in [0.2, 0.25) is 0 Å². The predicted octanol–water partition coefficient (Wildman–Crippen LogP) is 2.36. The molecule has 0 aromatic heterocycles. The molecule has 1 saturated heterocycles. The summed E-state index contributed by atoms with van der Waals surface area (Å²) in [5, 5.41) is 8.97. The molecule has 2 atom stereocenters. The van der Waals surface area contributed by atoms with Crippen LogP contribution in [0, 0.1) is 5.92 Å². The van der Waals surface area contributed by atoms with Gasteiger partial charge in [-0.25, -0.2) is 0 Å². The van der Waals surface area contributed by atoms with Crippen LogP contribution in [-0.4, -0.2) is 24.4 Å². The molecule has 1 heterocycles. The van der Waals surface area contributed by atoms with Crippen molar-refractivity contribution in [2.24, 2.45) is 5.92 Å². The molecule has 0 aliphatic carbocycles. The lowest BCUT2D eigenvalue weighted by molar-refractivity contribution is -0.119. The van der Waals surface area contributed by atoms with E-state index in [1.165, 1.54) is 0 Å². The molecule has 0 spiro atoms. The first-order chi connectivity index (χ1) is 10.1. The maximum absolute atomic E-state index is 12.3. The fraction of sp³-hybridized carbons (Fsp3) is 0.500. The van der Waals surface area contributed by atoms with Crippen LogP contribution in [0.3, 0.4) is 0 Å². The van der Waals surface area contributed by atoms with Crippen LogP contribution in [0.25, 0.3) is 0 Å². The molecule has 0 bridgehead atoms. The van der Waals surface area contributed by atoms with Gasteiger partial charge in [-0.05, 0) is 43.5 Å². The second-order valence-corrected chi connectivity index (χ2v) is 5.52. The highest BCUT2D eigenvalue weighted by Gasteiger charge is 2.27. The lowest BCUT2D eigenvalue weighted by atomic mass is 9.92. The summed E-state index contributed by atoms with van der Waals surface area (Å²) in [7, 11) is 0. The molecule has 5 nitrogen and oxygen atoms in total. The van der Waals surface area contributed by atoms with Gasteiger partial charge < -0.3 is 16.0 Å². The number of piperidine rings is 1. The summed E-state index contributed by atoms with van der Waals surface area (Å²) < 4.78 is 0. The van der Waals surface area contributed by atoms with Crippen molar-refractivity contribution >= 4 is 23.2 Å². The number of hydrogen-bond donors (Lipinski definition) is 3. The Morgan fingerprint density at radius 3 is 2.67 bits per heavy atom. The molecule has 1 aromatic rings. The Kier molecular flexibility index (Phi) is 5.33. The van der Waals surface area contributed by atoms with Crippen LogP contribution in [0.15, 0.2) is 24.3 Å². The third-order valence-corrected chi connectivity index (χ3v) is 3.79. The van der Waals surface area contributed by atoms with Crippen LogP contribution < -0.4 is 16.0 Å². The van der Waals surface area contributed by atoms with Gasteiger partial charge in [0.2, 0.25) is 11.8 Å². The topological polar surface area (TPSA) is 70.2 Å². The van der Waals surface area contributed by atoms with Gasteiger partial charge in [0.25, 0.3) is 0 Å². The van der Waals surface area contributed by atoms with Crippen molar-refractivity contribution in [2.45, 2.75) is 39.2 Å². The molecular formula is C16H23N3O2. The van der Waals surface area contributed by atoms with Gasteiger partial charge in [-0.1, -0.05) is 19.9 Å². The summed E-state index contributed by atoms with van der Waals surface area (Å²) in [6.07, 6.45) is 2.61. The smallest absolute Gasteiger partial charge is 0.241 e.